The third-order valence-electron chi connectivity index (χ3n) is 3.78. The second-order valence-corrected chi connectivity index (χ2v) is 5.15. The molecule has 0 aromatic rings. The molecule has 0 radical (unpaired) electrons. The highest BCUT2D eigenvalue weighted by atomic mass is 16.6. The van der Waals surface area contributed by atoms with Crippen molar-refractivity contribution < 1.29 is 29.3 Å². The maximum absolute atomic E-state index is 11.7. The first kappa shape index (κ1) is 15.2. The van der Waals surface area contributed by atoms with Crippen molar-refractivity contribution >= 4 is 17.9 Å². The van der Waals surface area contributed by atoms with E-state index < -0.39 is 28.9 Å². The van der Waals surface area contributed by atoms with E-state index in [2.05, 4.69) is 6.58 Å². The zero-order valence-corrected chi connectivity index (χ0v) is 11.1. The molecule has 2 atom stereocenters. The molecule has 1 rings (SSSR count). The summed E-state index contributed by atoms with van der Waals surface area (Å²) in [5, 5.41) is 18.8. The lowest BCUT2D eigenvalue weighted by molar-refractivity contribution is -0.207. The molecule has 2 N–H and O–H groups in total. The number of carbonyl (C=O) groups excluding carboxylic acids is 1. The molecule has 6 nitrogen and oxygen atoms in total. The van der Waals surface area contributed by atoms with Crippen molar-refractivity contribution in [3.8, 4) is 0 Å². The average molecular weight is 270 g/mol. The summed E-state index contributed by atoms with van der Waals surface area (Å²) in [6.45, 7) is 6.09. The van der Waals surface area contributed by atoms with Gasteiger partial charge in [0.05, 0.1) is 0 Å². The molecular formula is C13H18O6. The maximum Gasteiger partial charge on any atom is 0.349 e. The number of carbonyl (C=O) groups is 3. The second kappa shape index (κ2) is 5.03. The van der Waals surface area contributed by atoms with Gasteiger partial charge >= 0.3 is 17.9 Å². The molecule has 6 heteroatoms. The van der Waals surface area contributed by atoms with Gasteiger partial charge in [-0.3, -0.25) is 4.79 Å². The van der Waals surface area contributed by atoms with Gasteiger partial charge in [-0.05, 0) is 33.1 Å². The summed E-state index contributed by atoms with van der Waals surface area (Å²) in [6, 6.07) is 0. The summed E-state index contributed by atoms with van der Waals surface area (Å²) < 4.78 is 5.06. The Morgan fingerprint density at radius 1 is 1.11 bits per heavy atom. The minimum absolute atomic E-state index is 0.00977. The Morgan fingerprint density at radius 2 is 1.63 bits per heavy atom. The normalized spacial score (nSPS) is 30.4. The molecule has 0 spiro atoms. The average Bonchev–Trinajstić information content (AvgIpc) is 2.31. The van der Waals surface area contributed by atoms with Crippen LogP contribution in [0.25, 0.3) is 0 Å². The van der Waals surface area contributed by atoms with Gasteiger partial charge in [0.2, 0.25) is 5.60 Å². The highest BCUT2D eigenvalue weighted by Gasteiger charge is 2.62. The van der Waals surface area contributed by atoms with Crippen LogP contribution >= 0.6 is 0 Å². The number of hydrogen-bond acceptors (Lipinski definition) is 4. The number of esters is 1. The Morgan fingerprint density at radius 3 is 2.05 bits per heavy atom. The summed E-state index contributed by atoms with van der Waals surface area (Å²) >= 11 is 0. The van der Waals surface area contributed by atoms with Crippen LogP contribution in [0.1, 0.15) is 39.5 Å². The molecule has 0 aromatic heterocycles. The fourth-order valence-corrected chi connectivity index (χ4v) is 2.41. The number of ether oxygens (including phenoxy) is 1. The van der Waals surface area contributed by atoms with E-state index in [4.69, 9.17) is 4.74 Å². The highest BCUT2D eigenvalue weighted by molar-refractivity contribution is 5.94. The monoisotopic (exact) mass is 270 g/mol. The largest absolute Gasteiger partial charge is 0.481 e. The van der Waals surface area contributed by atoms with E-state index in [1.165, 1.54) is 13.8 Å². The van der Waals surface area contributed by atoms with Crippen LogP contribution in [0.5, 0.6) is 0 Å². The molecule has 19 heavy (non-hydrogen) atoms. The van der Waals surface area contributed by atoms with Gasteiger partial charge in [0.25, 0.3) is 0 Å². The third kappa shape index (κ3) is 2.34. The van der Waals surface area contributed by atoms with Gasteiger partial charge in [0.1, 0.15) is 5.41 Å². The number of carboxylic acids is 2. The predicted molar refractivity (Wildman–Crippen MR) is 65.5 cm³/mol. The SMILES string of the molecule is C=C(C)C(=O)OC1(C(=O)O)CCCCC1(C)C(=O)O. The molecule has 1 saturated carbocycles. The summed E-state index contributed by atoms with van der Waals surface area (Å²) in [5.41, 5.74) is -3.63. The Bertz CT molecular complexity index is 440. The number of aliphatic carboxylic acids is 2. The summed E-state index contributed by atoms with van der Waals surface area (Å²) in [4.78, 5) is 34.7. The quantitative estimate of drug-likeness (QED) is 0.594. The van der Waals surface area contributed by atoms with Crippen LogP contribution < -0.4 is 0 Å². The van der Waals surface area contributed by atoms with Crippen LogP contribution in [-0.2, 0) is 19.1 Å². The van der Waals surface area contributed by atoms with Crippen molar-refractivity contribution in [3.63, 3.8) is 0 Å². The van der Waals surface area contributed by atoms with E-state index in [1.54, 1.807) is 0 Å². The van der Waals surface area contributed by atoms with Crippen molar-refractivity contribution in [1.29, 1.82) is 0 Å². The van der Waals surface area contributed by atoms with E-state index in [9.17, 15) is 24.6 Å². The number of rotatable bonds is 4. The first-order valence-corrected chi connectivity index (χ1v) is 6.03. The predicted octanol–water partition coefficient (Wildman–Crippen LogP) is 1.59. The van der Waals surface area contributed by atoms with Gasteiger partial charge in [-0.15, -0.1) is 0 Å². The minimum atomic E-state index is -2.03. The van der Waals surface area contributed by atoms with Gasteiger partial charge in [0, 0.05) is 5.57 Å². The van der Waals surface area contributed by atoms with Crippen LogP contribution in [0, 0.1) is 5.41 Å². The van der Waals surface area contributed by atoms with E-state index in [0.717, 1.165) is 0 Å². The molecule has 1 aliphatic rings. The maximum atomic E-state index is 11.7. The van der Waals surface area contributed by atoms with Crippen molar-refractivity contribution in [2.75, 3.05) is 0 Å². The zero-order chi connectivity index (χ0) is 14.8. The third-order valence-corrected chi connectivity index (χ3v) is 3.78. The smallest absolute Gasteiger partial charge is 0.349 e. The van der Waals surface area contributed by atoms with Crippen molar-refractivity contribution in [2.24, 2.45) is 5.41 Å². The van der Waals surface area contributed by atoms with E-state index in [1.807, 2.05) is 0 Å². The van der Waals surface area contributed by atoms with Gasteiger partial charge in [-0.25, -0.2) is 9.59 Å². The molecule has 1 fully saturated rings. The molecule has 0 aliphatic heterocycles. The number of hydrogen-bond donors (Lipinski definition) is 2. The van der Waals surface area contributed by atoms with Crippen LogP contribution in [0.15, 0.2) is 12.2 Å². The minimum Gasteiger partial charge on any atom is -0.481 e. The Hall–Kier alpha value is -1.85. The Kier molecular flexibility index (Phi) is 4.03. The second-order valence-electron chi connectivity index (χ2n) is 5.15. The Balaban J connectivity index is 3.28. The van der Waals surface area contributed by atoms with Crippen molar-refractivity contribution in [2.45, 2.75) is 45.1 Å². The van der Waals surface area contributed by atoms with E-state index in [0.29, 0.717) is 12.8 Å². The Labute approximate surface area is 111 Å². The standard InChI is InChI=1S/C13H18O6/c1-8(2)9(14)19-13(11(17)18)7-5-4-6-12(13,3)10(15)16/h1,4-7H2,2-3H3,(H,15,16)(H,17,18). The van der Waals surface area contributed by atoms with E-state index in [-0.39, 0.29) is 18.4 Å². The molecule has 0 bridgehead atoms. The van der Waals surface area contributed by atoms with Crippen molar-refractivity contribution in [1.82, 2.24) is 0 Å². The van der Waals surface area contributed by atoms with Crippen molar-refractivity contribution in [3.05, 3.63) is 12.2 Å². The zero-order valence-electron chi connectivity index (χ0n) is 11.1. The molecule has 0 amide bonds. The fraction of sp³-hybridized carbons (Fsp3) is 0.615. The van der Waals surface area contributed by atoms with Gasteiger partial charge < -0.3 is 14.9 Å². The lowest BCUT2D eigenvalue weighted by atomic mass is 9.64. The van der Waals surface area contributed by atoms with Gasteiger partial charge in [-0.2, -0.15) is 0 Å². The lowest BCUT2D eigenvalue weighted by Crippen LogP contribution is -2.61. The first-order valence-electron chi connectivity index (χ1n) is 6.03. The first-order chi connectivity index (χ1) is 8.67. The summed E-state index contributed by atoms with van der Waals surface area (Å²) in [6.07, 6.45) is 1.23. The van der Waals surface area contributed by atoms with Crippen LogP contribution in [0.2, 0.25) is 0 Å². The van der Waals surface area contributed by atoms with Gasteiger partial charge in [0.15, 0.2) is 0 Å². The van der Waals surface area contributed by atoms with E-state index >= 15 is 0 Å². The molecule has 0 saturated heterocycles. The van der Waals surface area contributed by atoms with Crippen LogP contribution in [0.4, 0.5) is 0 Å². The molecule has 0 aromatic carbocycles. The van der Waals surface area contributed by atoms with Crippen LogP contribution in [0.3, 0.4) is 0 Å². The summed E-state index contributed by atoms with van der Waals surface area (Å²) in [5.74, 6) is -3.58. The molecular weight excluding hydrogens is 252 g/mol. The lowest BCUT2D eigenvalue weighted by Gasteiger charge is -2.44. The van der Waals surface area contributed by atoms with Gasteiger partial charge in [-0.1, -0.05) is 13.0 Å². The number of carboxylic acid groups (broad SMARTS) is 2. The molecule has 0 heterocycles. The fourth-order valence-electron chi connectivity index (χ4n) is 2.41. The molecule has 106 valence electrons. The molecule has 2 unspecified atom stereocenters. The highest BCUT2D eigenvalue weighted by Crippen LogP contribution is 2.47. The summed E-state index contributed by atoms with van der Waals surface area (Å²) in [7, 11) is 0. The molecule has 1 aliphatic carbocycles. The topological polar surface area (TPSA) is 101 Å². The van der Waals surface area contributed by atoms with Crippen LogP contribution in [-0.4, -0.2) is 33.7 Å².